The number of fused-ring (bicyclic) bond motifs is 1. The Morgan fingerprint density at radius 1 is 1.09 bits per heavy atom. The highest BCUT2D eigenvalue weighted by Crippen LogP contribution is 2.32. The normalized spacial score (nSPS) is 35.2. The van der Waals surface area contributed by atoms with E-state index in [4.69, 9.17) is 14.2 Å². The lowest BCUT2D eigenvalue weighted by Gasteiger charge is -2.39. The second kappa shape index (κ2) is 10.3. The molecule has 3 heterocycles. The lowest BCUT2D eigenvalue weighted by Crippen LogP contribution is -2.60. The fourth-order valence-corrected chi connectivity index (χ4v) is 4.74. The predicted molar refractivity (Wildman–Crippen MR) is 114 cm³/mol. The van der Waals surface area contributed by atoms with E-state index < -0.39 is 37.3 Å². The molecule has 9 heteroatoms. The number of aliphatic hydroxyl groups is 4. The van der Waals surface area contributed by atoms with Crippen molar-refractivity contribution in [3.05, 3.63) is 35.9 Å². The first kappa shape index (κ1) is 23.2. The second-order valence-electron chi connectivity index (χ2n) is 8.64. The molecular weight excluding hydrogens is 418 g/mol. The van der Waals surface area contributed by atoms with Gasteiger partial charge in [0.2, 0.25) is 6.29 Å². The minimum absolute atomic E-state index is 0.358. The number of ether oxygens (including phenoxy) is 3. The minimum atomic E-state index is -1.50. The fourth-order valence-electron chi connectivity index (χ4n) is 4.74. The molecule has 3 aliphatic rings. The van der Waals surface area contributed by atoms with E-state index in [0.717, 1.165) is 25.1 Å². The number of hydrogen-bond donors (Lipinski definition) is 4. The molecule has 32 heavy (non-hydrogen) atoms. The van der Waals surface area contributed by atoms with Gasteiger partial charge in [-0.05, 0) is 56.1 Å². The Kier molecular flexibility index (Phi) is 7.44. The van der Waals surface area contributed by atoms with Gasteiger partial charge in [-0.15, -0.1) is 0 Å². The molecule has 3 fully saturated rings. The molecule has 176 valence electrons. The zero-order valence-electron chi connectivity index (χ0n) is 17.8. The molecule has 0 radical (unpaired) electrons. The average Bonchev–Trinajstić information content (AvgIpc) is 3.42. The maximum Gasteiger partial charge on any atom is 0.330 e. The summed E-state index contributed by atoms with van der Waals surface area (Å²) in [4.78, 5) is 14.6. The van der Waals surface area contributed by atoms with Gasteiger partial charge < -0.3 is 34.6 Å². The van der Waals surface area contributed by atoms with Crippen molar-refractivity contribution in [3.8, 4) is 5.75 Å². The molecule has 7 atom stereocenters. The Bertz CT molecular complexity index is 798. The molecule has 0 aliphatic carbocycles. The van der Waals surface area contributed by atoms with Crippen LogP contribution >= 0.6 is 0 Å². The van der Waals surface area contributed by atoms with Crippen LogP contribution in [0.2, 0.25) is 0 Å². The molecule has 1 aromatic rings. The predicted octanol–water partition coefficient (Wildman–Crippen LogP) is -0.0940. The van der Waals surface area contributed by atoms with Gasteiger partial charge in [0, 0.05) is 18.0 Å². The summed E-state index contributed by atoms with van der Waals surface area (Å²) in [6, 6.07) is 7.25. The van der Waals surface area contributed by atoms with Crippen LogP contribution in [-0.2, 0) is 14.3 Å². The summed E-state index contributed by atoms with van der Waals surface area (Å²) < 4.78 is 16.3. The van der Waals surface area contributed by atoms with E-state index in [1.54, 1.807) is 30.3 Å². The van der Waals surface area contributed by atoms with E-state index in [0.29, 0.717) is 24.3 Å². The van der Waals surface area contributed by atoms with Gasteiger partial charge in [0.15, 0.2) is 0 Å². The molecule has 1 aromatic carbocycles. The Balaban J connectivity index is 1.26. The van der Waals surface area contributed by atoms with E-state index in [9.17, 15) is 25.2 Å². The van der Waals surface area contributed by atoms with Crippen LogP contribution in [0.1, 0.15) is 24.8 Å². The number of carbonyl (C=O) groups excluding carboxylic acids is 1. The first-order valence-corrected chi connectivity index (χ1v) is 11.1. The monoisotopic (exact) mass is 449 g/mol. The van der Waals surface area contributed by atoms with Crippen molar-refractivity contribution in [2.24, 2.45) is 5.92 Å². The molecule has 0 amide bonds. The molecule has 9 nitrogen and oxygen atoms in total. The molecule has 7 unspecified atom stereocenters. The number of esters is 1. The first-order valence-electron chi connectivity index (χ1n) is 11.1. The third-order valence-electron chi connectivity index (χ3n) is 6.58. The topological polar surface area (TPSA) is 129 Å². The molecule has 0 saturated carbocycles. The van der Waals surface area contributed by atoms with Crippen molar-refractivity contribution >= 4 is 12.0 Å². The third-order valence-corrected chi connectivity index (χ3v) is 6.58. The quantitative estimate of drug-likeness (QED) is 0.333. The number of nitrogens with zero attached hydrogens (tertiary/aromatic N) is 1. The van der Waals surface area contributed by atoms with Crippen molar-refractivity contribution in [2.45, 2.75) is 56.0 Å². The Morgan fingerprint density at radius 2 is 1.88 bits per heavy atom. The van der Waals surface area contributed by atoms with Gasteiger partial charge in [-0.2, -0.15) is 0 Å². The van der Waals surface area contributed by atoms with Crippen LogP contribution < -0.4 is 4.74 Å². The molecule has 0 bridgehead atoms. The van der Waals surface area contributed by atoms with Crippen molar-refractivity contribution in [1.82, 2.24) is 4.90 Å². The highest BCUT2D eigenvalue weighted by molar-refractivity contribution is 5.87. The highest BCUT2D eigenvalue weighted by atomic mass is 16.7. The van der Waals surface area contributed by atoms with Gasteiger partial charge >= 0.3 is 5.97 Å². The SMILES string of the molecule is O=C(C=Cc1ccc(OC2OC(CO)C(O)C(O)C2O)cc1)OCC1CCN2CCCC12. The first-order chi connectivity index (χ1) is 15.5. The molecule has 4 N–H and O–H groups in total. The van der Waals surface area contributed by atoms with Crippen molar-refractivity contribution in [3.63, 3.8) is 0 Å². The zero-order chi connectivity index (χ0) is 22.7. The largest absolute Gasteiger partial charge is 0.462 e. The molecule has 0 aromatic heterocycles. The summed E-state index contributed by atoms with van der Waals surface area (Å²) in [7, 11) is 0. The van der Waals surface area contributed by atoms with Gasteiger partial charge in [-0.1, -0.05) is 12.1 Å². The number of hydrogen-bond acceptors (Lipinski definition) is 9. The Hall–Kier alpha value is -2.01. The van der Waals surface area contributed by atoms with Gasteiger partial charge in [0.25, 0.3) is 0 Å². The molecule has 0 spiro atoms. The fraction of sp³-hybridized carbons (Fsp3) is 0.609. The number of rotatable bonds is 7. The summed E-state index contributed by atoms with van der Waals surface area (Å²) >= 11 is 0. The summed E-state index contributed by atoms with van der Waals surface area (Å²) in [5, 5.41) is 39.0. The van der Waals surface area contributed by atoms with Gasteiger partial charge in [-0.3, -0.25) is 4.90 Å². The van der Waals surface area contributed by atoms with Crippen LogP contribution in [0.15, 0.2) is 30.3 Å². The zero-order valence-corrected chi connectivity index (χ0v) is 17.8. The standard InChI is InChI=1S/C23H31NO8/c25-12-18-20(27)21(28)22(29)23(32-18)31-16-6-3-14(4-7-16)5-8-19(26)30-13-15-9-11-24-10-1-2-17(15)24/h3-8,15,17-18,20-23,25,27-29H,1-2,9-13H2. The van der Waals surface area contributed by atoms with Crippen molar-refractivity contribution < 1.29 is 39.4 Å². The smallest absolute Gasteiger partial charge is 0.330 e. The Labute approximate surface area is 186 Å². The van der Waals surface area contributed by atoms with Gasteiger partial charge in [-0.25, -0.2) is 4.79 Å². The number of benzene rings is 1. The summed E-state index contributed by atoms with van der Waals surface area (Å²) in [5.74, 6) is 0.410. The number of carbonyl (C=O) groups is 1. The lowest BCUT2D eigenvalue weighted by atomic mass is 9.99. The molecule has 3 saturated heterocycles. The van der Waals surface area contributed by atoms with Crippen LogP contribution in [0.25, 0.3) is 6.08 Å². The van der Waals surface area contributed by atoms with Crippen LogP contribution in [-0.4, -0.2) is 94.3 Å². The lowest BCUT2D eigenvalue weighted by molar-refractivity contribution is -0.277. The summed E-state index contributed by atoms with van der Waals surface area (Å²) in [5.41, 5.74) is 0.755. The van der Waals surface area contributed by atoms with Crippen LogP contribution in [0, 0.1) is 5.92 Å². The molecular formula is C23H31NO8. The van der Waals surface area contributed by atoms with Gasteiger partial charge in [0.05, 0.1) is 13.2 Å². The van der Waals surface area contributed by atoms with Crippen LogP contribution in [0.5, 0.6) is 5.75 Å². The van der Waals surface area contributed by atoms with E-state index in [1.807, 2.05) is 0 Å². The summed E-state index contributed by atoms with van der Waals surface area (Å²) in [6.07, 6.45) is -0.143. The second-order valence-corrected chi connectivity index (χ2v) is 8.64. The van der Waals surface area contributed by atoms with E-state index in [-0.39, 0.29) is 5.97 Å². The van der Waals surface area contributed by atoms with Gasteiger partial charge in [0.1, 0.15) is 30.2 Å². The summed E-state index contributed by atoms with van der Waals surface area (Å²) in [6.45, 7) is 2.19. The van der Waals surface area contributed by atoms with Crippen molar-refractivity contribution in [1.29, 1.82) is 0 Å². The van der Waals surface area contributed by atoms with Crippen LogP contribution in [0.3, 0.4) is 0 Å². The van der Waals surface area contributed by atoms with E-state index in [1.165, 1.54) is 18.9 Å². The van der Waals surface area contributed by atoms with Crippen LogP contribution in [0.4, 0.5) is 0 Å². The Morgan fingerprint density at radius 3 is 2.62 bits per heavy atom. The van der Waals surface area contributed by atoms with Crippen molar-refractivity contribution in [2.75, 3.05) is 26.3 Å². The highest BCUT2D eigenvalue weighted by Gasteiger charge is 2.44. The van der Waals surface area contributed by atoms with E-state index >= 15 is 0 Å². The molecule has 3 aliphatic heterocycles. The third kappa shape index (κ3) is 5.14. The van der Waals surface area contributed by atoms with E-state index in [2.05, 4.69) is 4.90 Å². The maximum atomic E-state index is 12.1. The maximum absolute atomic E-state index is 12.1. The molecule has 4 rings (SSSR count). The minimum Gasteiger partial charge on any atom is -0.462 e. The number of aliphatic hydroxyl groups excluding tert-OH is 4. The average molecular weight is 450 g/mol.